The molecule has 1 atom stereocenters. The minimum atomic E-state index is 0.428. The van der Waals surface area contributed by atoms with E-state index in [1.54, 1.807) is 0 Å². The first-order valence-corrected chi connectivity index (χ1v) is 6.39. The van der Waals surface area contributed by atoms with Crippen LogP contribution in [0.2, 0.25) is 0 Å². The van der Waals surface area contributed by atoms with E-state index in [0.29, 0.717) is 12.0 Å². The van der Waals surface area contributed by atoms with E-state index < -0.39 is 0 Å². The van der Waals surface area contributed by atoms with Crippen molar-refractivity contribution in [2.75, 3.05) is 26.0 Å². The van der Waals surface area contributed by atoms with Crippen molar-refractivity contribution < 1.29 is 0 Å². The Balaban J connectivity index is 2.77. The van der Waals surface area contributed by atoms with Gasteiger partial charge in [-0.3, -0.25) is 0 Å². The lowest BCUT2D eigenvalue weighted by Gasteiger charge is -2.26. The van der Waals surface area contributed by atoms with E-state index in [4.69, 9.17) is 0 Å². The molecule has 1 rings (SSSR count). The molecule has 0 aliphatic rings. The summed E-state index contributed by atoms with van der Waals surface area (Å²) in [6.45, 7) is 10.6. The molecule has 0 fully saturated rings. The Morgan fingerprint density at radius 1 is 1.41 bits per heavy atom. The highest BCUT2D eigenvalue weighted by Gasteiger charge is 2.16. The number of aryl methyl sites for hydroxylation is 2. The summed E-state index contributed by atoms with van der Waals surface area (Å²) < 4.78 is 2.17. The van der Waals surface area contributed by atoms with Crippen molar-refractivity contribution in [3.05, 3.63) is 11.9 Å². The summed E-state index contributed by atoms with van der Waals surface area (Å²) in [6.07, 6.45) is 2.09. The van der Waals surface area contributed by atoms with Crippen LogP contribution in [0.3, 0.4) is 0 Å². The number of hydrogen-bond donors (Lipinski definition) is 1. The van der Waals surface area contributed by atoms with Crippen molar-refractivity contribution >= 4 is 5.95 Å². The molecule has 0 saturated heterocycles. The van der Waals surface area contributed by atoms with Crippen LogP contribution < -0.4 is 5.32 Å². The van der Waals surface area contributed by atoms with Gasteiger partial charge in [-0.2, -0.15) is 0 Å². The second kappa shape index (κ2) is 6.05. The van der Waals surface area contributed by atoms with Crippen molar-refractivity contribution in [3.8, 4) is 0 Å². The second-order valence-electron chi connectivity index (χ2n) is 5.25. The molecule has 0 bridgehead atoms. The molecule has 0 aliphatic carbocycles. The zero-order valence-corrected chi connectivity index (χ0v) is 12.0. The number of nitrogens with one attached hydrogen (secondary N) is 1. The smallest absolute Gasteiger partial charge is 0.203 e. The molecule has 4 heteroatoms. The third-order valence-electron chi connectivity index (χ3n) is 2.92. The molecule has 17 heavy (non-hydrogen) atoms. The van der Waals surface area contributed by atoms with Gasteiger partial charge < -0.3 is 14.8 Å². The Morgan fingerprint density at radius 3 is 2.53 bits per heavy atom. The molecule has 0 aliphatic heterocycles. The lowest BCUT2D eigenvalue weighted by Crippen LogP contribution is -2.37. The molecule has 0 aromatic carbocycles. The van der Waals surface area contributed by atoms with Crippen LogP contribution in [0.25, 0.3) is 0 Å². The monoisotopic (exact) mass is 238 g/mol. The molecule has 0 amide bonds. The molecule has 1 aromatic heterocycles. The number of nitrogens with zero attached hydrogens (tertiary/aromatic N) is 3. The summed E-state index contributed by atoms with van der Waals surface area (Å²) in [7, 11) is 4.21. The molecule has 1 heterocycles. The maximum Gasteiger partial charge on any atom is 0.203 e. The predicted molar refractivity (Wildman–Crippen MR) is 73.4 cm³/mol. The number of imidazole rings is 1. The Hall–Kier alpha value is -1.03. The molecular formula is C13H26N4. The van der Waals surface area contributed by atoms with Gasteiger partial charge >= 0.3 is 0 Å². The fourth-order valence-corrected chi connectivity index (χ4v) is 1.89. The van der Waals surface area contributed by atoms with Gasteiger partial charge in [-0.15, -0.1) is 0 Å². The number of aromatic nitrogens is 2. The van der Waals surface area contributed by atoms with Gasteiger partial charge in [0.2, 0.25) is 5.95 Å². The van der Waals surface area contributed by atoms with Gasteiger partial charge in [0.05, 0.1) is 5.69 Å². The van der Waals surface area contributed by atoms with E-state index in [2.05, 4.69) is 60.8 Å². The first-order valence-electron chi connectivity index (χ1n) is 6.39. The maximum atomic E-state index is 4.54. The summed E-state index contributed by atoms with van der Waals surface area (Å²) in [5.74, 6) is 1.57. The highest BCUT2D eigenvalue weighted by atomic mass is 15.2. The number of hydrogen-bond acceptors (Lipinski definition) is 3. The highest BCUT2D eigenvalue weighted by Crippen LogP contribution is 2.13. The average molecular weight is 238 g/mol. The van der Waals surface area contributed by atoms with E-state index in [1.807, 2.05) is 6.92 Å². The zero-order valence-electron chi connectivity index (χ0n) is 12.0. The third kappa shape index (κ3) is 4.04. The SMILES string of the molecule is CCn1cc(C)nc1NC(CN(C)C)C(C)C. The topological polar surface area (TPSA) is 33.1 Å². The van der Waals surface area contributed by atoms with Gasteiger partial charge in [0.25, 0.3) is 0 Å². The van der Waals surface area contributed by atoms with Crippen molar-refractivity contribution in [3.63, 3.8) is 0 Å². The van der Waals surface area contributed by atoms with Crippen LogP contribution in [0.4, 0.5) is 5.95 Å². The lowest BCUT2D eigenvalue weighted by molar-refractivity contribution is 0.343. The normalized spacial score (nSPS) is 13.4. The van der Waals surface area contributed by atoms with Crippen molar-refractivity contribution in [2.24, 2.45) is 5.92 Å². The van der Waals surface area contributed by atoms with Gasteiger partial charge in [-0.1, -0.05) is 13.8 Å². The Kier molecular flexibility index (Phi) is 5.00. The van der Waals surface area contributed by atoms with Gasteiger partial charge in [-0.25, -0.2) is 4.98 Å². The van der Waals surface area contributed by atoms with Crippen LogP contribution in [-0.4, -0.2) is 41.1 Å². The highest BCUT2D eigenvalue weighted by molar-refractivity contribution is 5.30. The molecule has 0 saturated carbocycles. The molecule has 0 radical (unpaired) electrons. The second-order valence-corrected chi connectivity index (χ2v) is 5.25. The summed E-state index contributed by atoms with van der Waals surface area (Å²) in [5, 5.41) is 3.56. The quantitative estimate of drug-likeness (QED) is 0.825. The van der Waals surface area contributed by atoms with Crippen LogP contribution >= 0.6 is 0 Å². The van der Waals surface area contributed by atoms with Crippen LogP contribution in [0.5, 0.6) is 0 Å². The molecule has 4 nitrogen and oxygen atoms in total. The molecule has 98 valence electrons. The van der Waals surface area contributed by atoms with E-state index in [9.17, 15) is 0 Å². The van der Waals surface area contributed by atoms with Crippen molar-refractivity contribution in [2.45, 2.75) is 40.3 Å². The van der Waals surface area contributed by atoms with Crippen molar-refractivity contribution in [1.82, 2.24) is 14.5 Å². The standard InChI is InChI=1S/C13H26N4/c1-7-17-8-11(4)14-13(17)15-12(10(2)3)9-16(5)6/h8,10,12H,7,9H2,1-6H3,(H,14,15). The van der Waals surface area contributed by atoms with Crippen LogP contribution in [-0.2, 0) is 6.54 Å². The van der Waals surface area contributed by atoms with E-state index in [1.165, 1.54) is 0 Å². The summed E-state index contributed by atoms with van der Waals surface area (Å²) >= 11 is 0. The van der Waals surface area contributed by atoms with E-state index in [0.717, 1.165) is 24.7 Å². The molecular weight excluding hydrogens is 212 g/mol. The van der Waals surface area contributed by atoms with Gasteiger partial charge in [0.15, 0.2) is 0 Å². The number of likely N-dealkylation sites (N-methyl/N-ethyl adjacent to an activating group) is 1. The molecule has 1 N–H and O–H groups in total. The summed E-state index contributed by atoms with van der Waals surface area (Å²) in [6, 6.07) is 0.428. The predicted octanol–water partition coefficient (Wildman–Crippen LogP) is 2.21. The minimum absolute atomic E-state index is 0.428. The first-order chi connectivity index (χ1) is 7.93. The number of rotatable bonds is 6. The first kappa shape index (κ1) is 14.0. The molecule has 0 spiro atoms. The van der Waals surface area contributed by atoms with Crippen LogP contribution in [0.1, 0.15) is 26.5 Å². The van der Waals surface area contributed by atoms with Gasteiger partial charge in [-0.05, 0) is 33.9 Å². The lowest BCUT2D eigenvalue weighted by atomic mass is 10.0. The summed E-state index contributed by atoms with van der Waals surface area (Å²) in [5.41, 5.74) is 1.07. The van der Waals surface area contributed by atoms with Crippen LogP contribution in [0, 0.1) is 12.8 Å². The largest absolute Gasteiger partial charge is 0.351 e. The Labute approximate surface area is 105 Å². The minimum Gasteiger partial charge on any atom is -0.351 e. The average Bonchev–Trinajstić information content (AvgIpc) is 2.57. The Morgan fingerprint density at radius 2 is 2.06 bits per heavy atom. The molecule has 1 unspecified atom stereocenters. The van der Waals surface area contributed by atoms with E-state index in [-0.39, 0.29) is 0 Å². The van der Waals surface area contributed by atoms with Crippen molar-refractivity contribution in [1.29, 1.82) is 0 Å². The third-order valence-corrected chi connectivity index (χ3v) is 2.92. The fourth-order valence-electron chi connectivity index (χ4n) is 1.89. The fraction of sp³-hybridized carbons (Fsp3) is 0.769. The summed E-state index contributed by atoms with van der Waals surface area (Å²) in [4.78, 5) is 6.76. The maximum absolute atomic E-state index is 4.54. The van der Waals surface area contributed by atoms with Crippen LogP contribution in [0.15, 0.2) is 6.20 Å². The zero-order chi connectivity index (χ0) is 13.0. The Bertz CT molecular complexity index is 341. The van der Waals surface area contributed by atoms with Gasteiger partial charge in [0.1, 0.15) is 0 Å². The molecule has 1 aromatic rings. The van der Waals surface area contributed by atoms with Gasteiger partial charge in [0, 0.05) is 25.3 Å². The number of anilines is 1. The van der Waals surface area contributed by atoms with E-state index >= 15 is 0 Å².